The highest BCUT2D eigenvalue weighted by atomic mass is 32.2. The lowest BCUT2D eigenvalue weighted by Gasteiger charge is -2.30. The number of piperidine rings is 1. The van der Waals surface area contributed by atoms with Crippen molar-refractivity contribution in [2.45, 2.75) is 24.3 Å². The number of benzene rings is 2. The molecule has 0 aliphatic carbocycles. The van der Waals surface area contributed by atoms with Crippen LogP contribution >= 0.6 is 0 Å². The molecule has 3 rings (SSSR count). The van der Waals surface area contributed by atoms with Crippen LogP contribution in [0.4, 0.5) is 4.39 Å². The molecular weight excluding hydrogens is 385 g/mol. The van der Waals surface area contributed by atoms with Gasteiger partial charge in [-0.15, -0.1) is 0 Å². The first-order valence-corrected chi connectivity index (χ1v) is 10.4. The van der Waals surface area contributed by atoms with Crippen molar-refractivity contribution in [3.05, 3.63) is 59.9 Å². The van der Waals surface area contributed by atoms with E-state index in [1.165, 1.54) is 35.7 Å². The van der Waals surface area contributed by atoms with E-state index in [9.17, 15) is 17.6 Å². The molecule has 1 heterocycles. The maximum Gasteiger partial charge on any atom is 0.309 e. The van der Waals surface area contributed by atoms with Gasteiger partial charge in [0.1, 0.15) is 18.2 Å². The Morgan fingerprint density at radius 3 is 2.25 bits per heavy atom. The monoisotopic (exact) mass is 407 g/mol. The molecule has 0 spiro atoms. The number of ether oxygens (including phenoxy) is 2. The number of methoxy groups -OCH3 is 1. The molecule has 1 aliphatic heterocycles. The summed E-state index contributed by atoms with van der Waals surface area (Å²) < 4.78 is 50.1. The van der Waals surface area contributed by atoms with Gasteiger partial charge in [0.15, 0.2) is 0 Å². The Kier molecular flexibility index (Phi) is 6.31. The zero-order chi connectivity index (χ0) is 20.1. The number of nitrogens with zero attached hydrogens (tertiary/aromatic N) is 1. The number of carbonyl (C=O) groups excluding carboxylic acids is 1. The first kappa shape index (κ1) is 20.3. The Balaban J connectivity index is 1.54. The van der Waals surface area contributed by atoms with Gasteiger partial charge in [0.2, 0.25) is 10.0 Å². The zero-order valence-corrected chi connectivity index (χ0v) is 16.3. The summed E-state index contributed by atoms with van der Waals surface area (Å²) in [6, 6.07) is 12.0. The number of sulfonamides is 1. The molecule has 1 saturated heterocycles. The molecule has 28 heavy (non-hydrogen) atoms. The molecule has 1 fully saturated rings. The maximum atomic E-state index is 12.9. The second-order valence-electron chi connectivity index (χ2n) is 6.59. The van der Waals surface area contributed by atoms with Crippen LogP contribution in [0.25, 0.3) is 0 Å². The van der Waals surface area contributed by atoms with Crippen LogP contribution in [-0.2, 0) is 26.2 Å². The molecule has 0 atom stereocenters. The standard InChI is InChI=1S/C20H22FNO5S/c1-26-18-6-8-19(9-7-18)28(24,25)22-12-10-16(11-13-22)20(23)27-14-15-2-4-17(21)5-3-15/h2-9,16H,10-14H2,1H3. The van der Waals surface area contributed by atoms with Crippen molar-refractivity contribution in [1.82, 2.24) is 4.31 Å². The van der Waals surface area contributed by atoms with Crippen LogP contribution in [-0.4, -0.2) is 38.9 Å². The fourth-order valence-electron chi connectivity index (χ4n) is 3.08. The van der Waals surface area contributed by atoms with Crippen LogP contribution in [0.1, 0.15) is 18.4 Å². The Labute approximate surface area is 163 Å². The lowest BCUT2D eigenvalue weighted by Crippen LogP contribution is -2.40. The second kappa shape index (κ2) is 8.70. The van der Waals surface area contributed by atoms with Crippen molar-refractivity contribution in [3.8, 4) is 5.75 Å². The summed E-state index contributed by atoms with van der Waals surface area (Å²) in [6.45, 7) is 0.582. The largest absolute Gasteiger partial charge is 0.497 e. The summed E-state index contributed by atoms with van der Waals surface area (Å²) in [7, 11) is -2.09. The van der Waals surface area contributed by atoms with Gasteiger partial charge in [-0.05, 0) is 54.8 Å². The van der Waals surface area contributed by atoms with Gasteiger partial charge in [-0.3, -0.25) is 4.79 Å². The fourth-order valence-corrected chi connectivity index (χ4v) is 4.55. The van der Waals surface area contributed by atoms with E-state index in [0.717, 1.165) is 0 Å². The molecule has 150 valence electrons. The second-order valence-corrected chi connectivity index (χ2v) is 8.53. The van der Waals surface area contributed by atoms with E-state index in [-0.39, 0.29) is 42.3 Å². The highest BCUT2D eigenvalue weighted by Crippen LogP contribution is 2.26. The molecule has 1 aliphatic rings. The minimum Gasteiger partial charge on any atom is -0.497 e. The van der Waals surface area contributed by atoms with Crippen molar-refractivity contribution in [2.24, 2.45) is 5.92 Å². The average molecular weight is 407 g/mol. The third-order valence-corrected chi connectivity index (χ3v) is 6.69. The van der Waals surface area contributed by atoms with Crippen molar-refractivity contribution in [1.29, 1.82) is 0 Å². The van der Waals surface area contributed by atoms with Gasteiger partial charge in [0.05, 0.1) is 17.9 Å². The van der Waals surface area contributed by atoms with Gasteiger partial charge in [-0.1, -0.05) is 12.1 Å². The quantitative estimate of drug-likeness (QED) is 0.689. The van der Waals surface area contributed by atoms with Gasteiger partial charge >= 0.3 is 5.97 Å². The molecule has 0 aromatic heterocycles. The molecular formula is C20H22FNO5S. The SMILES string of the molecule is COc1ccc(S(=O)(=O)N2CCC(C(=O)OCc3ccc(F)cc3)CC2)cc1. The molecule has 0 unspecified atom stereocenters. The summed E-state index contributed by atoms with van der Waals surface area (Å²) in [6.07, 6.45) is 0.801. The van der Waals surface area contributed by atoms with E-state index in [0.29, 0.717) is 24.2 Å². The predicted octanol–water partition coefficient (Wildman–Crippen LogP) is 2.98. The topological polar surface area (TPSA) is 72.9 Å². The van der Waals surface area contributed by atoms with Crippen LogP contribution in [0, 0.1) is 11.7 Å². The first-order valence-electron chi connectivity index (χ1n) is 8.95. The number of esters is 1. The number of halogens is 1. The van der Waals surface area contributed by atoms with Gasteiger partial charge in [-0.2, -0.15) is 4.31 Å². The Morgan fingerprint density at radius 1 is 1.07 bits per heavy atom. The summed E-state index contributed by atoms with van der Waals surface area (Å²) in [5, 5.41) is 0. The molecule has 0 bridgehead atoms. The summed E-state index contributed by atoms with van der Waals surface area (Å²) in [5.41, 5.74) is 0.703. The minimum absolute atomic E-state index is 0.0729. The number of hydrogen-bond donors (Lipinski definition) is 0. The molecule has 0 radical (unpaired) electrons. The van der Waals surface area contributed by atoms with Crippen LogP contribution in [0.3, 0.4) is 0 Å². The molecule has 2 aromatic rings. The number of carbonyl (C=O) groups is 1. The van der Waals surface area contributed by atoms with E-state index in [1.54, 1.807) is 24.3 Å². The van der Waals surface area contributed by atoms with Crippen LogP contribution in [0.15, 0.2) is 53.4 Å². The normalized spacial score (nSPS) is 15.9. The van der Waals surface area contributed by atoms with Crippen LogP contribution < -0.4 is 4.74 Å². The lowest BCUT2D eigenvalue weighted by atomic mass is 9.98. The molecule has 8 heteroatoms. The molecule has 6 nitrogen and oxygen atoms in total. The van der Waals surface area contributed by atoms with Crippen molar-refractivity contribution < 1.29 is 27.1 Å². The molecule has 0 amide bonds. The lowest BCUT2D eigenvalue weighted by molar-refractivity contribution is -0.151. The smallest absolute Gasteiger partial charge is 0.309 e. The van der Waals surface area contributed by atoms with Crippen molar-refractivity contribution >= 4 is 16.0 Å². The van der Waals surface area contributed by atoms with Crippen molar-refractivity contribution in [2.75, 3.05) is 20.2 Å². The first-order chi connectivity index (χ1) is 13.4. The Hall–Kier alpha value is -2.45. The van der Waals surface area contributed by atoms with Crippen LogP contribution in [0.2, 0.25) is 0 Å². The molecule has 2 aromatic carbocycles. The third-order valence-electron chi connectivity index (χ3n) is 4.78. The summed E-state index contributed by atoms with van der Waals surface area (Å²) in [4.78, 5) is 12.5. The maximum absolute atomic E-state index is 12.9. The van der Waals surface area contributed by atoms with Crippen LogP contribution in [0.5, 0.6) is 5.75 Å². The molecule has 0 N–H and O–H groups in total. The number of hydrogen-bond acceptors (Lipinski definition) is 5. The fraction of sp³-hybridized carbons (Fsp3) is 0.350. The minimum atomic E-state index is -3.61. The number of rotatable bonds is 6. The zero-order valence-electron chi connectivity index (χ0n) is 15.5. The van der Waals surface area contributed by atoms with Gasteiger partial charge in [0.25, 0.3) is 0 Å². The van der Waals surface area contributed by atoms with E-state index in [1.807, 2.05) is 0 Å². The molecule has 0 saturated carbocycles. The van der Waals surface area contributed by atoms with E-state index < -0.39 is 10.0 Å². The Bertz CT molecular complexity index is 905. The van der Waals surface area contributed by atoms with Gasteiger partial charge in [0, 0.05) is 13.1 Å². The van der Waals surface area contributed by atoms with E-state index >= 15 is 0 Å². The summed E-state index contributed by atoms with van der Waals surface area (Å²) >= 11 is 0. The van der Waals surface area contributed by atoms with E-state index in [4.69, 9.17) is 9.47 Å². The average Bonchev–Trinajstić information content (AvgIpc) is 2.73. The van der Waals surface area contributed by atoms with E-state index in [2.05, 4.69) is 0 Å². The highest BCUT2D eigenvalue weighted by molar-refractivity contribution is 7.89. The van der Waals surface area contributed by atoms with Gasteiger partial charge in [-0.25, -0.2) is 12.8 Å². The van der Waals surface area contributed by atoms with Crippen molar-refractivity contribution in [3.63, 3.8) is 0 Å². The Morgan fingerprint density at radius 2 is 1.68 bits per heavy atom. The third kappa shape index (κ3) is 4.69. The highest BCUT2D eigenvalue weighted by Gasteiger charge is 2.32. The van der Waals surface area contributed by atoms with Gasteiger partial charge < -0.3 is 9.47 Å². The predicted molar refractivity (Wildman–Crippen MR) is 101 cm³/mol. The summed E-state index contributed by atoms with van der Waals surface area (Å²) in [5.74, 6) is -0.462.